The lowest BCUT2D eigenvalue weighted by Gasteiger charge is -2.32. The van der Waals surface area contributed by atoms with Gasteiger partial charge in [-0.25, -0.2) is 4.79 Å². The van der Waals surface area contributed by atoms with Crippen molar-refractivity contribution < 1.29 is 14.7 Å². The minimum atomic E-state index is -0.842. The highest BCUT2D eigenvalue weighted by molar-refractivity contribution is 5.74. The number of hydrogen-bond donors (Lipinski definition) is 3. The Balaban J connectivity index is 1.90. The van der Waals surface area contributed by atoms with Crippen LogP contribution in [0.15, 0.2) is 30.3 Å². The van der Waals surface area contributed by atoms with Gasteiger partial charge in [0.2, 0.25) is 0 Å². The molecule has 1 aliphatic rings. The van der Waals surface area contributed by atoms with Gasteiger partial charge in [-0.1, -0.05) is 43.2 Å². The Morgan fingerprint density at radius 1 is 1.19 bits per heavy atom. The monoisotopic (exact) mass is 375 g/mol. The Bertz CT molecular complexity index is 598. The van der Waals surface area contributed by atoms with E-state index in [1.165, 1.54) is 12.8 Å². The molecule has 150 valence electrons. The number of carbonyl (C=O) groups excluding carboxylic acids is 1. The first-order valence-corrected chi connectivity index (χ1v) is 9.83. The Hall–Kier alpha value is -2.08. The van der Waals surface area contributed by atoms with Crippen molar-refractivity contribution in [1.82, 2.24) is 15.5 Å². The Kier molecular flexibility index (Phi) is 8.10. The molecule has 2 rings (SSSR count). The van der Waals surface area contributed by atoms with Crippen LogP contribution in [0.1, 0.15) is 44.1 Å². The molecule has 0 aliphatic heterocycles. The van der Waals surface area contributed by atoms with E-state index in [1.807, 2.05) is 30.3 Å². The number of aliphatic carboxylic acids is 1. The molecule has 3 N–H and O–H groups in total. The van der Waals surface area contributed by atoms with Gasteiger partial charge in [-0.3, -0.25) is 4.79 Å². The highest BCUT2D eigenvalue weighted by Gasteiger charge is 2.34. The van der Waals surface area contributed by atoms with Crippen LogP contribution in [0.4, 0.5) is 4.79 Å². The molecule has 1 fully saturated rings. The molecule has 1 unspecified atom stereocenters. The number of nitrogens with zero attached hydrogens (tertiary/aromatic N) is 1. The van der Waals surface area contributed by atoms with Gasteiger partial charge in [0.25, 0.3) is 0 Å². The van der Waals surface area contributed by atoms with Gasteiger partial charge in [0, 0.05) is 31.0 Å². The molecule has 6 nitrogen and oxygen atoms in total. The van der Waals surface area contributed by atoms with Gasteiger partial charge in [-0.15, -0.1) is 0 Å². The normalized spacial score (nSPS) is 16.9. The summed E-state index contributed by atoms with van der Waals surface area (Å²) in [6.07, 6.45) is 5.79. The fraction of sp³-hybridized carbons (Fsp3) is 0.619. The van der Waals surface area contributed by atoms with Crippen LogP contribution in [0.25, 0.3) is 0 Å². The summed E-state index contributed by atoms with van der Waals surface area (Å²) in [4.78, 5) is 25.6. The van der Waals surface area contributed by atoms with E-state index in [1.54, 1.807) is 0 Å². The number of amides is 2. The van der Waals surface area contributed by atoms with E-state index in [0.29, 0.717) is 19.4 Å². The third kappa shape index (κ3) is 7.59. The van der Waals surface area contributed by atoms with Crippen molar-refractivity contribution in [3.63, 3.8) is 0 Å². The van der Waals surface area contributed by atoms with Crippen LogP contribution < -0.4 is 10.6 Å². The third-order valence-electron chi connectivity index (χ3n) is 5.31. The minimum Gasteiger partial charge on any atom is -0.481 e. The molecule has 6 heteroatoms. The molecule has 1 aromatic carbocycles. The summed E-state index contributed by atoms with van der Waals surface area (Å²) >= 11 is 0. The number of hydrogen-bond acceptors (Lipinski definition) is 3. The molecule has 0 spiro atoms. The number of carbonyl (C=O) groups is 2. The third-order valence-corrected chi connectivity index (χ3v) is 5.31. The van der Waals surface area contributed by atoms with Gasteiger partial charge in [0.15, 0.2) is 0 Å². The van der Waals surface area contributed by atoms with Crippen molar-refractivity contribution in [2.75, 3.05) is 27.2 Å². The summed E-state index contributed by atoms with van der Waals surface area (Å²) in [5, 5.41) is 15.0. The first kappa shape index (κ1) is 21.2. The van der Waals surface area contributed by atoms with Crippen LogP contribution in [-0.2, 0) is 11.2 Å². The molecular weight excluding hydrogens is 342 g/mol. The molecule has 0 heterocycles. The van der Waals surface area contributed by atoms with Gasteiger partial charge in [-0.05, 0) is 45.3 Å². The van der Waals surface area contributed by atoms with Crippen molar-refractivity contribution >= 4 is 12.0 Å². The summed E-state index contributed by atoms with van der Waals surface area (Å²) in [7, 11) is 4.14. The summed E-state index contributed by atoms with van der Waals surface area (Å²) in [5.74, 6) is -0.842. The van der Waals surface area contributed by atoms with Gasteiger partial charge >= 0.3 is 12.0 Å². The van der Waals surface area contributed by atoms with E-state index < -0.39 is 5.97 Å². The smallest absolute Gasteiger partial charge is 0.315 e. The van der Waals surface area contributed by atoms with E-state index in [2.05, 4.69) is 29.6 Å². The topological polar surface area (TPSA) is 81.7 Å². The van der Waals surface area contributed by atoms with Crippen molar-refractivity contribution in [2.45, 2.75) is 51.0 Å². The Morgan fingerprint density at radius 3 is 2.44 bits per heavy atom. The molecule has 0 radical (unpaired) electrons. The lowest BCUT2D eigenvalue weighted by Crippen LogP contribution is -2.48. The average Bonchev–Trinajstić information content (AvgIpc) is 3.07. The maximum atomic E-state index is 12.5. The van der Waals surface area contributed by atoms with Crippen molar-refractivity contribution in [3.05, 3.63) is 35.9 Å². The van der Waals surface area contributed by atoms with E-state index in [-0.39, 0.29) is 23.9 Å². The van der Waals surface area contributed by atoms with Crippen LogP contribution in [0.3, 0.4) is 0 Å². The lowest BCUT2D eigenvalue weighted by molar-refractivity contribution is -0.137. The van der Waals surface area contributed by atoms with Gasteiger partial charge in [-0.2, -0.15) is 0 Å². The molecular formula is C21H33N3O3. The maximum absolute atomic E-state index is 12.5. The number of rotatable bonds is 10. The molecule has 0 saturated heterocycles. The van der Waals surface area contributed by atoms with Gasteiger partial charge < -0.3 is 20.6 Å². The summed E-state index contributed by atoms with van der Waals surface area (Å²) in [5.41, 5.74) is 1.24. The molecule has 0 bridgehead atoms. The zero-order valence-corrected chi connectivity index (χ0v) is 16.5. The largest absolute Gasteiger partial charge is 0.481 e. The second-order valence-electron chi connectivity index (χ2n) is 8.09. The number of carboxylic acid groups (broad SMARTS) is 1. The summed E-state index contributed by atoms with van der Waals surface area (Å²) in [6, 6.07) is 9.45. The fourth-order valence-electron chi connectivity index (χ4n) is 4.11. The molecule has 2 amide bonds. The van der Waals surface area contributed by atoms with Crippen LogP contribution in [0.2, 0.25) is 0 Å². The number of nitrogens with one attached hydrogen (secondary N) is 2. The van der Waals surface area contributed by atoms with E-state index >= 15 is 0 Å². The first-order valence-electron chi connectivity index (χ1n) is 9.83. The number of urea groups is 1. The van der Waals surface area contributed by atoms with Crippen molar-refractivity contribution in [1.29, 1.82) is 0 Å². The molecule has 1 atom stereocenters. The van der Waals surface area contributed by atoms with Gasteiger partial charge in [0.05, 0.1) is 0 Å². The standard InChI is InChI=1S/C21H33N3O3/c1-24(2)16-21(12-6-7-13-21)15-22-20(27)23-18(10-11-19(25)26)14-17-8-4-3-5-9-17/h3-5,8-9,18H,6-7,10-16H2,1-2H3,(H,25,26)(H2,22,23,27). The number of benzene rings is 1. The van der Waals surface area contributed by atoms with Crippen molar-refractivity contribution in [2.24, 2.45) is 5.41 Å². The SMILES string of the molecule is CN(C)CC1(CNC(=O)NC(CCC(=O)O)Cc2ccccc2)CCCC1. The quantitative estimate of drug-likeness (QED) is 0.587. The second kappa shape index (κ2) is 10.3. The number of carboxylic acids is 1. The molecule has 1 aliphatic carbocycles. The van der Waals surface area contributed by atoms with Crippen molar-refractivity contribution in [3.8, 4) is 0 Å². The molecule has 0 aromatic heterocycles. The van der Waals surface area contributed by atoms with Crippen LogP contribution in [0, 0.1) is 5.41 Å². The lowest BCUT2D eigenvalue weighted by atomic mass is 9.85. The first-order chi connectivity index (χ1) is 12.9. The summed E-state index contributed by atoms with van der Waals surface area (Å²) in [6.45, 7) is 1.63. The van der Waals surface area contributed by atoms with Crippen LogP contribution >= 0.6 is 0 Å². The predicted molar refractivity (Wildman–Crippen MR) is 107 cm³/mol. The predicted octanol–water partition coefficient (Wildman–Crippen LogP) is 2.88. The Labute approximate surface area is 162 Å². The average molecular weight is 376 g/mol. The zero-order valence-electron chi connectivity index (χ0n) is 16.5. The Morgan fingerprint density at radius 2 is 1.85 bits per heavy atom. The highest BCUT2D eigenvalue weighted by atomic mass is 16.4. The van der Waals surface area contributed by atoms with E-state index in [4.69, 9.17) is 5.11 Å². The van der Waals surface area contributed by atoms with Crippen LogP contribution in [0.5, 0.6) is 0 Å². The second-order valence-corrected chi connectivity index (χ2v) is 8.09. The molecule has 1 saturated carbocycles. The van der Waals surface area contributed by atoms with Crippen LogP contribution in [-0.4, -0.2) is 55.2 Å². The van der Waals surface area contributed by atoms with Gasteiger partial charge in [0.1, 0.15) is 0 Å². The molecule has 1 aromatic rings. The molecule has 27 heavy (non-hydrogen) atoms. The highest BCUT2D eigenvalue weighted by Crippen LogP contribution is 2.37. The van der Waals surface area contributed by atoms with E-state index in [9.17, 15) is 9.59 Å². The van der Waals surface area contributed by atoms with E-state index in [0.717, 1.165) is 24.9 Å². The minimum absolute atomic E-state index is 0.0440. The maximum Gasteiger partial charge on any atom is 0.315 e. The fourth-order valence-corrected chi connectivity index (χ4v) is 4.11. The zero-order chi connectivity index (χ0) is 19.7. The summed E-state index contributed by atoms with van der Waals surface area (Å²) < 4.78 is 0.